The first-order valence-electron chi connectivity index (χ1n) is 1.11. The highest BCUT2D eigenvalue weighted by atomic mass is 32.2. The molecule has 5 heavy (non-hydrogen) atoms. The molecule has 0 rings (SSSR count). The van der Waals surface area contributed by atoms with E-state index in [4.69, 9.17) is 10.6 Å². The summed E-state index contributed by atoms with van der Waals surface area (Å²) in [5, 5.41) is 0. The zero-order valence-electron chi connectivity index (χ0n) is 2.99. The minimum absolute atomic E-state index is 0.545. The molecule has 0 heterocycles. The molecule has 0 aromatic carbocycles. The van der Waals surface area contributed by atoms with Crippen LogP contribution in [0.5, 0.6) is 0 Å². The lowest BCUT2D eigenvalue weighted by Crippen LogP contribution is -2.21. The summed E-state index contributed by atoms with van der Waals surface area (Å²) in [4.78, 5) is 2.22. The Morgan fingerprint density at radius 1 is 2.00 bits per heavy atom. The number of hydrazine groups is 1. The molecule has 1 unspecified atom stereocenters. The average molecular weight is 93.2 g/mol. The van der Waals surface area contributed by atoms with Crippen molar-refractivity contribution in [1.82, 2.24) is 4.83 Å². The Kier molecular flexibility index (Phi) is 2.35. The maximum Gasteiger partial charge on any atom is 0.00734 e. The van der Waals surface area contributed by atoms with Gasteiger partial charge in [0.2, 0.25) is 0 Å². The van der Waals surface area contributed by atoms with Crippen molar-refractivity contribution in [3.63, 3.8) is 0 Å². The number of hydrogen-bond acceptors (Lipinski definition) is 2. The predicted octanol–water partition coefficient (Wildman–Crippen LogP) is -0.625. The van der Waals surface area contributed by atoms with Crippen LogP contribution in [-0.2, 0) is 10.9 Å². The van der Waals surface area contributed by atoms with Gasteiger partial charge in [0.05, 0.1) is 0 Å². The van der Waals surface area contributed by atoms with Gasteiger partial charge < -0.3 is 0 Å². The molecular formula is CH7N3S. The molecule has 0 aliphatic rings. The Morgan fingerprint density at radius 2 is 2.20 bits per heavy atom. The predicted molar refractivity (Wildman–Crippen MR) is 23.3 cm³/mol. The molecule has 0 aliphatic heterocycles. The number of hydrogen-bond donors (Lipinski definition) is 3. The summed E-state index contributed by atoms with van der Waals surface area (Å²) in [6, 6.07) is 0. The smallest absolute Gasteiger partial charge is 0.00734 e. The first-order valence-corrected chi connectivity index (χ1v) is 2.74. The van der Waals surface area contributed by atoms with Gasteiger partial charge in [-0.05, 0) is 10.9 Å². The first kappa shape index (κ1) is 5.07. The Balaban J connectivity index is 2.85. The van der Waals surface area contributed by atoms with Gasteiger partial charge >= 0.3 is 0 Å². The summed E-state index contributed by atoms with van der Waals surface area (Å²) in [5.41, 5.74) is 0. The van der Waals surface area contributed by atoms with Gasteiger partial charge in [0.1, 0.15) is 0 Å². The van der Waals surface area contributed by atoms with E-state index in [-0.39, 0.29) is 0 Å². The molecular weight excluding hydrogens is 86.1 g/mol. The topological polar surface area (TPSA) is 61.9 Å². The first-order chi connectivity index (χ1) is 2.27. The van der Waals surface area contributed by atoms with E-state index in [0.717, 1.165) is 0 Å². The standard InChI is InChI=1S/CH7N3S/c1-5(3)4-2/h2H2,1H3,(H2,3,4). The molecule has 0 bridgehead atoms. The lowest BCUT2D eigenvalue weighted by molar-refractivity contribution is 1.10. The fraction of sp³-hybridized carbons (Fsp3) is 1.00. The molecule has 0 aromatic heterocycles. The van der Waals surface area contributed by atoms with E-state index >= 15 is 0 Å². The zero-order chi connectivity index (χ0) is 4.28. The van der Waals surface area contributed by atoms with Crippen molar-refractivity contribution in [3.8, 4) is 0 Å². The highest BCUT2D eigenvalue weighted by Crippen LogP contribution is 1.50. The minimum atomic E-state index is -0.545. The van der Waals surface area contributed by atoms with Crippen LogP contribution in [0.2, 0.25) is 0 Å². The maximum absolute atomic E-state index is 6.62. The van der Waals surface area contributed by atoms with E-state index < -0.39 is 10.9 Å². The van der Waals surface area contributed by atoms with Crippen LogP contribution in [0, 0.1) is 4.78 Å². The fourth-order valence-corrected chi connectivity index (χ4v) is 0. The van der Waals surface area contributed by atoms with Gasteiger partial charge in [0, 0.05) is 6.26 Å². The van der Waals surface area contributed by atoms with Crippen molar-refractivity contribution in [1.29, 1.82) is 4.78 Å². The molecule has 4 heteroatoms. The number of nitrogens with one attached hydrogen (secondary N) is 2. The van der Waals surface area contributed by atoms with Crippen molar-refractivity contribution >= 4 is 10.9 Å². The molecule has 3 nitrogen and oxygen atoms in total. The van der Waals surface area contributed by atoms with E-state index in [9.17, 15) is 0 Å². The van der Waals surface area contributed by atoms with Crippen LogP contribution in [0.15, 0.2) is 0 Å². The van der Waals surface area contributed by atoms with Crippen molar-refractivity contribution in [2.24, 2.45) is 5.84 Å². The fourth-order valence-electron chi connectivity index (χ4n) is 0. The Hall–Kier alpha value is 0.0700. The quantitative estimate of drug-likeness (QED) is 0.299. The molecule has 4 N–H and O–H groups in total. The summed E-state index contributed by atoms with van der Waals surface area (Å²) in [6.07, 6.45) is 1.68. The molecule has 0 saturated carbocycles. The summed E-state index contributed by atoms with van der Waals surface area (Å²) in [6.45, 7) is 0. The lowest BCUT2D eigenvalue weighted by atomic mass is 12.0. The number of rotatable bonds is 1. The average Bonchev–Trinajstić information content (AvgIpc) is 1.38. The number of nitrogens with two attached hydrogens (primary N) is 1. The van der Waals surface area contributed by atoms with Crippen LogP contribution in [-0.4, -0.2) is 6.26 Å². The molecule has 32 valence electrons. The monoisotopic (exact) mass is 93.0 g/mol. The molecule has 0 radical (unpaired) electrons. The zero-order valence-corrected chi connectivity index (χ0v) is 3.80. The van der Waals surface area contributed by atoms with Gasteiger partial charge in [-0.3, -0.25) is 10.6 Å². The normalized spacial score (nSPS) is 14.8. The minimum Gasteiger partial charge on any atom is -0.265 e. The van der Waals surface area contributed by atoms with E-state index in [1.807, 2.05) is 0 Å². The summed E-state index contributed by atoms with van der Waals surface area (Å²) < 4.78 is 6.62. The van der Waals surface area contributed by atoms with Gasteiger partial charge in [0.25, 0.3) is 0 Å². The second-order valence-corrected chi connectivity index (χ2v) is 1.88. The SMILES string of the molecule is CS(=N)NN. The van der Waals surface area contributed by atoms with Crippen LogP contribution in [0.25, 0.3) is 0 Å². The van der Waals surface area contributed by atoms with Gasteiger partial charge in [-0.15, -0.1) is 0 Å². The molecule has 0 saturated heterocycles. The maximum atomic E-state index is 6.62. The Morgan fingerprint density at radius 3 is 2.20 bits per heavy atom. The van der Waals surface area contributed by atoms with Crippen molar-refractivity contribution < 1.29 is 0 Å². The van der Waals surface area contributed by atoms with Crippen LogP contribution >= 0.6 is 0 Å². The largest absolute Gasteiger partial charge is 0.265 e. The Labute approximate surface area is 33.6 Å². The lowest BCUT2D eigenvalue weighted by Gasteiger charge is -1.85. The molecule has 0 aliphatic carbocycles. The molecule has 1 atom stereocenters. The second-order valence-electron chi connectivity index (χ2n) is 0.628. The van der Waals surface area contributed by atoms with Crippen molar-refractivity contribution in [2.75, 3.05) is 6.26 Å². The molecule has 0 aromatic rings. The second kappa shape index (κ2) is 2.32. The third-order valence-electron chi connectivity index (χ3n) is 0.177. The van der Waals surface area contributed by atoms with Gasteiger partial charge in [-0.2, -0.15) is 4.83 Å². The molecule has 0 amide bonds. The van der Waals surface area contributed by atoms with Crippen LogP contribution in [0.3, 0.4) is 0 Å². The van der Waals surface area contributed by atoms with Gasteiger partial charge in [-0.1, -0.05) is 0 Å². The van der Waals surface area contributed by atoms with Gasteiger partial charge in [0.15, 0.2) is 0 Å². The van der Waals surface area contributed by atoms with Crippen molar-refractivity contribution in [3.05, 3.63) is 0 Å². The summed E-state index contributed by atoms with van der Waals surface area (Å²) in [7, 11) is -0.545. The summed E-state index contributed by atoms with van der Waals surface area (Å²) in [5.74, 6) is 4.75. The van der Waals surface area contributed by atoms with Crippen LogP contribution in [0.1, 0.15) is 0 Å². The highest BCUT2D eigenvalue weighted by molar-refractivity contribution is 7.83. The summed E-state index contributed by atoms with van der Waals surface area (Å²) >= 11 is 0. The van der Waals surface area contributed by atoms with E-state index in [0.29, 0.717) is 0 Å². The van der Waals surface area contributed by atoms with Crippen LogP contribution in [0.4, 0.5) is 0 Å². The van der Waals surface area contributed by atoms with E-state index in [1.165, 1.54) is 0 Å². The van der Waals surface area contributed by atoms with Crippen LogP contribution < -0.4 is 10.7 Å². The third-order valence-corrected chi connectivity index (χ3v) is 0.530. The molecule has 0 spiro atoms. The Bertz CT molecular complexity index is 42.2. The molecule has 0 fully saturated rings. The van der Waals surface area contributed by atoms with E-state index in [1.54, 1.807) is 6.26 Å². The van der Waals surface area contributed by atoms with E-state index in [2.05, 4.69) is 4.83 Å². The third kappa shape index (κ3) is 4.07. The van der Waals surface area contributed by atoms with Gasteiger partial charge in [-0.25, -0.2) is 0 Å². The highest BCUT2D eigenvalue weighted by Gasteiger charge is 1.63. The van der Waals surface area contributed by atoms with Crippen molar-refractivity contribution in [2.45, 2.75) is 0 Å².